The Morgan fingerprint density at radius 2 is 1.76 bits per heavy atom. The van der Waals surface area contributed by atoms with Gasteiger partial charge in [-0.2, -0.15) is 9.64 Å². The Bertz CT molecular complexity index is 1550. The number of hydrogen-bond donors (Lipinski definition) is 2. The highest BCUT2D eigenvalue weighted by Crippen LogP contribution is 2.48. The van der Waals surface area contributed by atoms with E-state index in [1.807, 2.05) is 66.7 Å². The zero-order valence-electron chi connectivity index (χ0n) is 20.9. The van der Waals surface area contributed by atoms with Gasteiger partial charge in [0.15, 0.2) is 0 Å². The summed E-state index contributed by atoms with van der Waals surface area (Å²) in [7, 11) is 0. The van der Waals surface area contributed by atoms with E-state index in [4.69, 9.17) is 4.74 Å². The Kier molecular flexibility index (Phi) is 6.70. The summed E-state index contributed by atoms with van der Waals surface area (Å²) >= 11 is 1.21. The van der Waals surface area contributed by atoms with Gasteiger partial charge in [0.25, 0.3) is 0 Å². The molecule has 190 valence electrons. The number of carbonyl (C=O) groups excluding carboxylic acids is 1. The van der Waals surface area contributed by atoms with E-state index in [9.17, 15) is 20.0 Å². The van der Waals surface area contributed by atoms with Crippen LogP contribution in [0.5, 0.6) is 0 Å². The van der Waals surface area contributed by atoms with E-state index >= 15 is 0 Å². The summed E-state index contributed by atoms with van der Waals surface area (Å²) < 4.78 is 9.97. The number of rotatable bonds is 7. The molecule has 2 N–H and O–H groups in total. The van der Waals surface area contributed by atoms with Crippen molar-refractivity contribution in [1.82, 2.24) is 4.37 Å². The van der Waals surface area contributed by atoms with Crippen molar-refractivity contribution in [3.05, 3.63) is 95.2 Å². The van der Waals surface area contributed by atoms with E-state index in [-0.39, 0.29) is 0 Å². The average Bonchev–Trinajstić information content (AvgIpc) is 3.68. The van der Waals surface area contributed by atoms with Crippen LogP contribution in [-0.4, -0.2) is 21.5 Å². The minimum absolute atomic E-state index is 0.433. The van der Waals surface area contributed by atoms with Gasteiger partial charge >= 0.3 is 12.1 Å². The van der Waals surface area contributed by atoms with E-state index in [0.29, 0.717) is 40.2 Å². The number of nitriles is 1. The number of carboxylic acids is 1. The SMILES string of the molecule is Cc1nsc(-c2ccc(-c3ccc(C4(C(=O)O)CC4)cc3)cc2C#N)c1NC(=O)OC(C)c1ccccc1. The molecular formula is C30H25N3O4S. The van der Waals surface area contributed by atoms with Gasteiger partial charge in [0, 0.05) is 5.56 Å². The molecule has 1 saturated carbocycles. The van der Waals surface area contributed by atoms with Crippen molar-refractivity contribution in [2.75, 3.05) is 5.32 Å². The lowest BCUT2D eigenvalue weighted by atomic mass is 9.93. The highest BCUT2D eigenvalue weighted by molar-refractivity contribution is 7.10. The number of amides is 1. The molecule has 3 aromatic carbocycles. The molecule has 1 atom stereocenters. The number of carbonyl (C=O) groups is 2. The predicted octanol–water partition coefficient (Wildman–Crippen LogP) is 7.08. The standard InChI is InChI=1S/C30H25N3O4S/c1-18-26(32-29(36)37-19(2)20-6-4-3-5-7-20)27(38-33-18)25-13-10-22(16-23(25)17-31)21-8-11-24(12-9-21)30(14-15-30)28(34)35/h3-13,16,19H,14-15H2,1-2H3,(H,32,36)(H,34,35). The summed E-state index contributed by atoms with van der Waals surface area (Å²) in [6.07, 6.45) is 0.268. The quantitative estimate of drug-likeness (QED) is 0.268. The normalized spacial score (nSPS) is 14.2. The fourth-order valence-corrected chi connectivity index (χ4v) is 5.42. The van der Waals surface area contributed by atoms with Crippen LogP contribution in [0, 0.1) is 18.3 Å². The van der Waals surface area contributed by atoms with E-state index in [1.54, 1.807) is 19.9 Å². The first-order valence-corrected chi connectivity index (χ1v) is 13.0. The molecule has 0 aliphatic heterocycles. The van der Waals surface area contributed by atoms with Gasteiger partial charge in [0.1, 0.15) is 6.10 Å². The van der Waals surface area contributed by atoms with Crippen LogP contribution in [0.15, 0.2) is 72.8 Å². The van der Waals surface area contributed by atoms with Crippen LogP contribution in [0.1, 0.15) is 48.3 Å². The first kappa shape index (κ1) is 25.2. The highest BCUT2D eigenvalue weighted by Gasteiger charge is 2.51. The number of ether oxygens (including phenoxy) is 1. The van der Waals surface area contributed by atoms with Crippen LogP contribution in [0.25, 0.3) is 21.6 Å². The van der Waals surface area contributed by atoms with Crippen molar-refractivity contribution in [2.45, 2.75) is 38.2 Å². The zero-order valence-corrected chi connectivity index (χ0v) is 21.7. The Morgan fingerprint density at radius 1 is 1.08 bits per heavy atom. The number of anilines is 1. The fraction of sp³-hybridized carbons (Fsp3) is 0.200. The average molecular weight is 524 g/mol. The van der Waals surface area contributed by atoms with Gasteiger partial charge < -0.3 is 9.84 Å². The number of aryl methyl sites for hydroxylation is 1. The Morgan fingerprint density at radius 3 is 2.39 bits per heavy atom. The van der Waals surface area contributed by atoms with Crippen molar-refractivity contribution >= 4 is 29.3 Å². The van der Waals surface area contributed by atoms with Crippen molar-refractivity contribution in [3.63, 3.8) is 0 Å². The maximum Gasteiger partial charge on any atom is 0.412 e. The summed E-state index contributed by atoms with van der Waals surface area (Å²) in [6, 6.07) is 24.8. The smallest absolute Gasteiger partial charge is 0.412 e. The van der Waals surface area contributed by atoms with E-state index in [2.05, 4.69) is 15.8 Å². The molecule has 8 heteroatoms. The maximum absolute atomic E-state index is 12.7. The lowest BCUT2D eigenvalue weighted by Gasteiger charge is -2.15. The van der Waals surface area contributed by atoms with E-state index in [1.165, 1.54) is 11.5 Å². The summed E-state index contributed by atoms with van der Waals surface area (Å²) in [4.78, 5) is 25.0. The molecular weight excluding hydrogens is 498 g/mol. The van der Waals surface area contributed by atoms with Gasteiger partial charge in [-0.3, -0.25) is 10.1 Å². The molecule has 1 aliphatic rings. The van der Waals surface area contributed by atoms with Crippen molar-refractivity contribution in [1.29, 1.82) is 5.26 Å². The minimum Gasteiger partial charge on any atom is -0.481 e. The number of nitrogens with zero attached hydrogens (tertiary/aromatic N) is 2. The van der Waals surface area contributed by atoms with Gasteiger partial charge in [-0.25, -0.2) is 4.79 Å². The minimum atomic E-state index is -0.788. The molecule has 1 unspecified atom stereocenters. The van der Waals surface area contributed by atoms with Crippen molar-refractivity contribution in [3.8, 4) is 27.6 Å². The number of aromatic nitrogens is 1. The van der Waals surface area contributed by atoms with Crippen LogP contribution in [0.3, 0.4) is 0 Å². The Labute approximate surface area is 224 Å². The first-order valence-electron chi connectivity index (χ1n) is 12.2. The third-order valence-electron chi connectivity index (χ3n) is 6.96. The molecule has 0 spiro atoms. The van der Waals surface area contributed by atoms with Crippen LogP contribution >= 0.6 is 11.5 Å². The molecule has 4 aromatic rings. The topological polar surface area (TPSA) is 112 Å². The largest absolute Gasteiger partial charge is 0.481 e. The lowest BCUT2D eigenvalue weighted by Crippen LogP contribution is -2.19. The molecule has 1 aromatic heterocycles. The van der Waals surface area contributed by atoms with Crippen LogP contribution in [0.2, 0.25) is 0 Å². The van der Waals surface area contributed by atoms with E-state index < -0.39 is 23.6 Å². The molecule has 1 aliphatic carbocycles. The molecule has 1 heterocycles. The molecule has 1 fully saturated rings. The van der Waals surface area contributed by atoms with Crippen LogP contribution < -0.4 is 5.32 Å². The van der Waals surface area contributed by atoms with Gasteiger partial charge in [0.2, 0.25) is 0 Å². The molecule has 0 saturated heterocycles. The second-order valence-corrected chi connectivity index (χ2v) is 10.2. The summed E-state index contributed by atoms with van der Waals surface area (Å²) in [6.45, 7) is 3.60. The number of benzene rings is 3. The van der Waals surface area contributed by atoms with Crippen LogP contribution in [0.4, 0.5) is 10.5 Å². The lowest BCUT2D eigenvalue weighted by molar-refractivity contribution is -0.140. The highest BCUT2D eigenvalue weighted by atomic mass is 32.1. The predicted molar refractivity (Wildman–Crippen MR) is 146 cm³/mol. The zero-order chi connectivity index (χ0) is 26.9. The van der Waals surface area contributed by atoms with Crippen molar-refractivity contribution in [2.24, 2.45) is 0 Å². The first-order chi connectivity index (χ1) is 18.3. The maximum atomic E-state index is 12.7. The van der Waals surface area contributed by atoms with Gasteiger partial charge in [-0.1, -0.05) is 66.7 Å². The van der Waals surface area contributed by atoms with E-state index in [0.717, 1.165) is 22.3 Å². The Hall–Kier alpha value is -4.48. The van der Waals surface area contributed by atoms with Gasteiger partial charge in [-0.15, -0.1) is 0 Å². The molecule has 1 amide bonds. The third kappa shape index (κ3) is 4.76. The van der Waals surface area contributed by atoms with Crippen LogP contribution in [-0.2, 0) is 14.9 Å². The third-order valence-corrected chi connectivity index (χ3v) is 7.93. The molecule has 0 radical (unpaired) electrons. The number of aliphatic carboxylic acids is 1. The van der Waals surface area contributed by atoms with Crippen molar-refractivity contribution < 1.29 is 19.4 Å². The number of nitrogens with one attached hydrogen (secondary N) is 1. The Balaban J connectivity index is 1.38. The molecule has 0 bridgehead atoms. The number of carboxylic acid groups (broad SMARTS) is 1. The molecule has 5 rings (SSSR count). The summed E-state index contributed by atoms with van der Waals surface area (Å²) in [5.74, 6) is -0.788. The summed E-state index contributed by atoms with van der Waals surface area (Å²) in [5, 5.41) is 22.3. The fourth-order valence-electron chi connectivity index (χ4n) is 4.53. The number of hydrogen-bond acceptors (Lipinski definition) is 6. The second kappa shape index (κ2) is 10.1. The van der Waals surface area contributed by atoms with Gasteiger partial charge in [0.05, 0.1) is 33.3 Å². The molecule has 38 heavy (non-hydrogen) atoms. The second-order valence-electron chi connectivity index (χ2n) is 9.39. The summed E-state index contributed by atoms with van der Waals surface area (Å²) in [5.41, 5.74) is 4.89. The monoisotopic (exact) mass is 523 g/mol. The molecule has 7 nitrogen and oxygen atoms in total. The van der Waals surface area contributed by atoms with Gasteiger partial charge in [-0.05, 0) is 66.5 Å².